The van der Waals surface area contributed by atoms with Crippen molar-refractivity contribution >= 4 is 29.2 Å². The predicted octanol–water partition coefficient (Wildman–Crippen LogP) is 3.95. The number of esters is 1. The Bertz CT molecular complexity index is 592. The molecular weight excluding hydrogens is 291 g/mol. The molecule has 0 aliphatic carbocycles. The monoisotopic (exact) mass is 300 g/mol. The van der Waals surface area contributed by atoms with Crippen molar-refractivity contribution in [2.45, 2.75) is 6.61 Å². The van der Waals surface area contributed by atoms with Crippen LogP contribution in [0.2, 0.25) is 10.0 Å². The van der Waals surface area contributed by atoms with Gasteiger partial charge in [-0.25, -0.2) is 4.79 Å². The molecule has 1 aromatic carbocycles. The highest BCUT2D eigenvalue weighted by Crippen LogP contribution is 2.28. The number of ether oxygens (including phenoxy) is 2. The lowest BCUT2D eigenvalue weighted by atomic mass is 10.3. The summed E-state index contributed by atoms with van der Waals surface area (Å²) >= 11 is 11.7. The second-order valence-electron chi connectivity index (χ2n) is 3.62. The largest absolute Gasteiger partial charge is 0.484 e. The topological polar surface area (TPSA) is 48.7 Å². The molecule has 2 aromatic rings. The van der Waals surface area contributed by atoms with Gasteiger partial charge < -0.3 is 13.9 Å². The Morgan fingerprint density at radius 3 is 2.74 bits per heavy atom. The van der Waals surface area contributed by atoms with E-state index in [-0.39, 0.29) is 12.4 Å². The van der Waals surface area contributed by atoms with Gasteiger partial charge in [-0.3, -0.25) is 0 Å². The lowest BCUT2D eigenvalue weighted by molar-refractivity contribution is 0.0561. The average molecular weight is 301 g/mol. The Balaban J connectivity index is 2.02. The molecule has 0 fully saturated rings. The van der Waals surface area contributed by atoms with Gasteiger partial charge in [-0.1, -0.05) is 23.2 Å². The summed E-state index contributed by atoms with van der Waals surface area (Å²) in [5.41, 5.74) is 0. The quantitative estimate of drug-likeness (QED) is 0.802. The first kappa shape index (κ1) is 13.8. The summed E-state index contributed by atoms with van der Waals surface area (Å²) in [7, 11) is 1.29. The van der Waals surface area contributed by atoms with Gasteiger partial charge in [0.2, 0.25) is 5.76 Å². The highest BCUT2D eigenvalue weighted by Gasteiger charge is 2.11. The van der Waals surface area contributed by atoms with Gasteiger partial charge >= 0.3 is 5.97 Å². The Labute approximate surface area is 119 Å². The number of hydrogen-bond acceptors (Lipinski definition) is 4. The van der Waals surface area contributed by atoms with Gasteiger partial charge in [0.15, 0.2) is 0 Å². The molecule has 0 spiro atoms. The summed E-state index contributed by atoms with van der Waals surface area (Å²) in [5, 5.41) is 0.940. The standard InChI is InChI=1S/C13H10Cl2O4/c1-17-13(16)12-5-3-9(19-12)7-18-11-4-2-8(14)6-10(11)15/h2-6H,7H2,1H3. The molecule has 0 bridgehead atoms. The predicted molar refractivity (Wildman–Crippen MR) is 70.8 cm³/mol. The van der Waals surface area contributed by atoms with Crippen molar-refractivity contribution in [1.82, 2.24) is 0 Å². The van der Waals surface area contributed by atoms with Gasteiger partial charge in [0.05, 0.1) is 12.1 Å². The number of methoxy groups -OCH3 is 1. The van der Waals surface area contributed by atoms with Crippen molar-refractivity contribution in [3.8, 4) is 5.75 Å². The Morgan fingerprint density at radius 1 is 1.26 bits per heavy atom. The maximum absolute atomic E-state index is 11.2. The molecule has 1 heterocycles. The fraction of sp³-hybridized carbons (Fsp3) is 0.154. The van der Waals surface area contributed by atoms with Crippen molar-refractivity contribution in [1.29, 1.82) is 0 Å². The third kappa shape index (κ3) is 3.43. The van der Waals surface area contributed by atoms with Crippen molar-refractivity contribution in [3.63, 3.8) is 0 Å². The summed E-state index contributed by atoms with van der Waals surface area (Å²) in [6.07, 6.45) is 0. The number of rotatable bonds is 4. The van der Waals surface area contributed by atoms with Gasteiger partial charge in [0, 0.05) is 5.02 Å². The molecule has 19 heavy (non-hydrogen) atoms. The van der Waals surface area contributed by atoms with E-state index in [1.54, 1.807) is 24.3 Å². The fourth-order valence-corrected chi connectivity index (χ4v) is 1.87. The van der Waals surface area contributed by atoms with Gasteiger partial charge in [0.25, 0.3) is 0 Å². The molecule has 0 aliphatic heterocycles. The van der Waals surface area contributed by atoms with Gasteiger partial charge in [-0.2, -0.15) is 0 Å². The van der Waals surface area contributed by atoms with Crippen LogP contribution in [0.25, 0.3) is 0 Å². The Morgan fingerprint density at radius 2 is 2.05 bits per heavy atom. The Hall–Kier alpha value is -1.65. The third-order valence-electron chi connectivity index (χ3n) is 2.31. The van der Waals surface area contributed by atoms with Crippen molar-refractivity contribution in [2.24, 2.45) is 0 Å². The van der Waals surface area contributed by atoms with Crippen LogP contribution in [0.1, 0.15) is 16.3 Å². The lowest BCUT2D eigenvalue weighted by Gasteiger charge is -2.06. The van der Waals surface area contributed by atoms with Crippen LogP contribution in [0.15, 0.2) is 34.7 Å². The molecule has 0 saturated carbocycles. The summed E-state index contributed by atoms with van der Waals surface area (Å²) in [4.78, 5) is 11.2. The van der Waals surface area contributed by atoms with Crippen LogP contribution in [-0.4, -0.2) is 13.1 Å². The van der Waals surface area contributed by atoms with Crippen LogP contribution in [0.3, 0.4) is 0 Å². The second-order valence-corrected chi connectivity index (χ2v) is 4.46. The zero-order valence-electron chi connectivity index (χ0n) is 9.98. The molecule has 0 atom stereocenters. The zero-order valence-corrected chi connectivity index (χ0v) is 11.5. The Kier molecular flexibility index (Phi) is 4.35. The lowest BCUT2D eigenvalue weighted by Crippen LogP contribution is -1.99. The minimum absolute atomic E-state index is 0.128. The van der Waals surface area contributed by atoms with Crippen LogP contribution in [0.4, 0.5) is 0 Å². The smallest absolute Gasteiger partial charge is 0.373 e. The zero-order chi connectivity index (χ0) is 13.8. The molecule has 0 N–H and O–H groups in total. The minimum atomic E-state index is -0.532. The van der Waals surface area contributed by atoms with E-state index < -0.39 is 5.97 Å². The summed E-state index contributed by atoms with van der Waals surface area (Å²) in [6, 6.07) is 8.07. The third-order valence-corrected chi connectivity index (χ3v) is 2.84. The molecular formula is C13H10Cl2O4. The molecule has 100 valence electrons. The first-order valence-electron chi connectivity index (χ1n) is 5.35. The molecule has 0 unspecified atom stereocenters. The molecule has 2 rings (SSSR count). The first-order valence-corrected chi connectivity index (χ1v) is 6.10. The van der Waals surface area contributed by atoms with Crippen molar-refractivity contribution in [3.05, 3.63) is 51.9 Å². The second kappa shape index (κ2) is 5.99. The van der Waals surface area contributed by atoms with Crippen LogP contribution < -0.4 is 4.74 Å². The highest BCUT2D eigenvalue weighted by molar-refractivity contribution is 6.35. The molecule has 6 heteroatoms. The van der Waals surface area contributed by atoms with Crippen LogP contribution >= 0.6 is 23.2 Å². The molecule has 1 aromatic heterocycles. The van der Waals surface area contributed by atoms with Crippen LogP contribution in [0, 0.1) is 0 Å². The minimum Gasteiger partial charge on any atom is -0.484 e. The van der Waals surface area contributed by atoms with Crippen molar-refractivity contribution in [2.75, 3.05) is 7.11 Å². The van der Waals surface area contributed by atoms with E-state index in [4.69, 9.17) is 32.4 Å². The number of hydrogen-bond donors (Lipinski definition) is 0. The number of benzene rings is 1. The maximum Gasteiger partial charge on any atom is 0.373 e. The van der Waals surface area contributed by atoms with E-state index in [0.717, 1.165) is 0 Å². The van der Waals surface area contributed by atoms with E-state index in [1.165, 1.54) is 13.2 Å². The molecule has 0 radical (unpaired) electrons. The van der Waals surface area contributed by atoms with Gasteiger partial charge in [-0.15, -0.1) is 0 Å². The fourth-order valence-electron chi connectivity index (χ4n) is 1.41. The van der Waals surface area contributed by atoms with Crippen LogP contribution in [-0.2, 0) is 11.3 Å². The number of carbonyl (C=O) groups excluding carboxylic acids is 1. The number of halogens is 2. The summed E-state index contributed by atoms with van der Waals surface area (Å²) < 4.78 is 15.3. The van der Waals surface area contributed by atoms with Gasteiger partial charge in [0.1, 0.15) is 18.1 Å². The molecule has 4 nitrogen and oxygen atoms in total. The number of carbonyl (C=O) groups is 1. The van der Waals surface area contributed by atoms with Crippen LogP contribution in [0.5, 0.6) is 5.75 Å². The molecule has 0 amide bonds. The van der Waals surface area contributed by atoms with E-state index >= 15 is 0 Å². The van der Waals surface area contributed by atoms with E-state index in [0.29, 0.717) is 21.6 Å². The maximum atomic E-state index is 11.2. The number of furan rings is 1. The highest BCUT2D eigenvalue weighted by atomic mass is 35.5. The van der Waals surface area contributed by atoms with E-state index in [1.807, 2.05) is 0 Å². The summed E-state index contributed by atoms with van der Waals surface area (Å²) in [6.45, 7) is 0.151. The normalized spacial score (nSPS) is 10.3. The SMILES string of the molecule is COC(=O)c1ccc(COc2ccc(Cl)cc2Cl)o1. The first-order chi connectivity index (χ1) is 9.10. The average Bonchev–Trinajstić information content (AvgIpc) is 2.85. The molecule has 0 aliphatic rings. The summed E-state index contributed by atoms with van der Waals surface area (Å²) in [5.74, 6) is 0.576. The van der Waals surface area contributed by atoms with E-state index in [2.05, 4.69) is 4.74 Å². The molecule has 0 saturated heterocycles. The van der Waals surface area contributed by atoms with Crippen molar-refractivity contribution < 1.29 is 18.7 Å². The van der Waals surface area contributed by atoms with E-state index in [9.17, 15) is 4.79 Å². The van der Waals surface area contributed by atoms with Gasteiger partial charge in [-0.05, 0) is 30.3 Å².